The van der Waals surface area contributed by atoms with Crippen molar-refractivity contribution in [2.24, 2.45) is 5.92 Å². The third kappa shape index (κ3) is 2.06. The second kappa shape index (κ2) is 4.78. The van der Waals surface area contributed by atoms with E-state index in [9.17, 15) is 4.79 Å². The molecule has 1 N–H and O–H groups in total. The lowest BCUT2D eigenvalue weighted by atomic mass is 10.1. The third-order valence-electron chi connectivity index (χ3n) is 4.74. The van der Waals surface area contributed by atoms with Gasteiger partial charge in [-0.3, -0.25) is 10.1 Å². The molecule has 2 heterocycles. The first-order chi connectivity index (χ1) is 9.78. The van der Waals surface area contributed by atoms with Crippen LogP contribution in [0.25, 0.3) is 0 Å². The number of amides is 1. The second-order valence-electron chi connectivity index (χ2n) is 6.23. The van der Waals surface area contributed by atoms with E-state index in [4.69, 9.17) is 0 Å². The Hall–Kier alpha value is -1.00. The van der Waals surface area contributed by atoms with Crippen LogP contribution in [0.5, 0.6) is 0 Å². The average molecular weight is 288 g/mol. The van der Waals surface area contributed by atoms with Gasteiger partial charge >= 0.3 is 0 Å². The molecule has 2 saturated heterocycles. The zero-order valence-electron chi connectivity index (χ0n) is 11.5. The van der Waals surface area contributed by atoms with Gasteiger partial charge in [0, 0.05) is 6.54 Å². The van der Waals surface area contributed by atoms with Crippen LogP contribution in [0.2, 0.25) is 0 Å². The predicted octanol–water partition coefficient (Wildman–Crippen LogP) is 2.40. The Balaban J connectivity index is 1.60. The Morgan fingerprint density at radius 1 is 1.30 bits per heavy atom. The monoisotopic (exact) mass is 288 g/mol. The summed E-state index contributed by atoms with van der Waals surface area (Å²) in [6.45, 7) is 0.917. The number of hydrogen-bond donors (Lipinski definition) is 1. The molecule has 4 heteroatoms. The SMILES string of the molecule is O=C1N(CC2CCSC2)C(c2ccccc2)NC12CC2. The summed E-state index contributed by atoms with van der Waals surface area (Å²) in [5.74, 6) is 3.47. The molecule has 2 unspecified atom stereocenters. The normalized spacial score (nSPS) is 31.2. The van der Waals surface area contributed by atoms with Crippen LogP contribution in [-0.2, 0) is 4.79 Å². The van der Waals surface area contributed by atoms with Crippen molar-refractivity contribution in [2.45, 2.75) is 31.0 Å². The smallest absolute Gasteiger partial charge is 0.244 e. The topological polar surface area (TPSA) is 32.3 Å². The van der Waals surface area contributed by atoms with Crippen molar-refractivity contribution in [2.75, 3.05) is 18.1 Å². The number of carbonyl (C=O) groups is 1. The van der Waals surface area contributed by atoms with Crippen molar-refractivity contribution in [3.8, 4) is 0 Å². The van der Waals surface area contributed by atoms with Gasteiger partial charge in [-0.15, -0.1) is 0 Å². The molecule has 1 aliphatic carbocycles. The van der Waals surface area contributed by atoms with Crippen LogP contribution in [0.1, 0.15) is 31.0 Å². The lowest BCUT2D eigenvalue weighted by molar-refractivity contribution is -0.131. The molecule has 20 heavy (non-hydrogen) atoms. The highest BCUT2D eigenvalue weighted by Crippen LogP contribution is 2.46. The van der Waals surface area contributed by atoms with E-state index in [1.54, 1.807) is 0 Å². The van der Waals surface area contributed by atoms with Gasteiger partial charge in [-0.2, -0.15) is 11.8 Å². The average Bonchev–Trinajstić information content (AvgIpc) is 2.99. The van der Waals surface area contributed by atoms with Gasteiger partial charge in [-0.25, -0.2) is 0 Å². The first kappa shape index (κ1) is 12.7. The molecule has 2 aliphatic heterocycles. The molecule has 2 atom stereocenters. The van der Waals surface area contributed by atoms with Gasteiger partial charge in [0.2, 0.25) is 5.91 Å². The minimum absolute atomic E-state index is 0.0804. The summed E-state index contributed by atoms with van der Waals surface area (Å²) < 4.78 is 0. The van der Waals surface area contributed by atoms with Crippen LogP contribution < -0.4 is 5.32 Å². The first-order valence-electron chi connectivity index (χ1n) is 7.50. The van der Waals surface area contributed by atoms with Crippen LogP contribution in [0.4, 0.5) is 0 Å². The summed E-state index contributed by atoms with van der Waals surface area (Å²) in [5.41, 5.74) is 1.00. The molecule has 3 fully saturated rings. The third-order valence-corrected chi connectivity index (χ3v) is 5.97. The zero-order chi connectivity index (χ0) is 13.6. The van der Waals surface area contributed by atoms with E-state index >= 15 is 0 Å². The van der Waals surface area contributed by atoms with E-state index in [0.717, 1.165) is 19.4 Å². The lowest BCUT2D eigenvalue weighted by Crippen LogP contribution is -2.36. The van der Waals surface area contributed by atoms with E-state index in [1.165, 1.54) is 23.5 Å². The highest BCUT2D eigenvalue weighted by Gasteiger charge is 2.59. The number of benzene rings is 1. The van der Waals surface area contributed by atoms with Gasteiger partial charge in [-0.1, -0.05) is 30.3 Å². The molecule has 1 amide bonds. The number of nitrogens with one attached hydrogen (secondary N) is 1. The molecule has 3 aliphatic rings. The molecule has 3 nitrogen and oxygen atoms in total. The van der Waals surface area contributed by atoms with Crippen LogP contribution in [0.3, 0.4) is 0 Å². The van der Waals surface area contributed by atoms with Crippen LogP contribution >= 0.6 is 11.8 Å². The van der Waals surface area contributed by atoms with Crippen LogP contribution in [0, 0.1) is 5.92 Å². The van der Waals surface area contributed by atoms with E-state index in [-0.39, 0.29) is 11.7 Å². The van der Waals surface area contributed by atoms with Gasteiger partial charge in [-0.05, 0) is 42.2 Å². The maximum absolute atomic E-state index is 12.7. The van der Waals surface area contributed by atoms with Gasteiger partial charge in [0.05, 0.1) is 0 Å². The molecule has 1 spiro atoms. The molecule has 0 bridgehead atoms. The van der Waals surface area contributed by atoms with Crippen molar-refractivity contribution in [1.82, 2.24) is 10.2 Å². The number of nitrogens with zero attached hydrogens (tertiary/aromatic N) is 1. The highest BCUT2D eigenvalue weighted by molar-refractivity contribution is 7.99. The number of thioether (sulfide) groups is 1. The first-order valence-corrected chi connectivity index (χ1v) is 8.65. The van der Waals surface area contributed by atoms with Crippen molar-refractivity contribution >= 4 is 17.7 Å². The summed E-state index contributed by atoms with van der Waals surface area (Å²) in [7, 11) is 0. The van der Waals surface area contributed by atoms with Gasteiger partial charge in [0.15, 0.2) is 0 Å². The summed E-state index contributed by atoms with van der Waals surface area (Å²) in [5, 5.41) is 3.60. The summed E-state index contributed by atoms with van der Waals surface area (Å²) in [4.78, 5) is 14.8. The Kier molecular flexibility index (Phi) is 3.04. The Morgan fingerprint density at radius 3 is 2.75 bits per heavy atom. The minimum atomic E-state index is -0.216. The van der Waals surface area contributed by atoms with Crippen LogP contribution in [-0.4, -0.2) is 34.4 Å². The molecular formula is C16H20N2OS. The Bertz CT molecular complexity index is 508. The van der Waals surface area contributed by atoms with Gasteiger partial charge < -0.3 is 4.90 Å². The minimum Gasteiger partial charge on any atom is -0.321 e. The zero-order valence-corrected chi connectivity index (χ0v) is 12.4. The van der Waals surface area contributed by atoms with Crippen molar-refractivity contribution in [3.63, 3.8) is 0 Å². The van der Waals surface area contributed by atoms with Gasteiger partial charge in [0.1, 0.15) is 11.7 Å². The number of rotatable bonds is 3. The number of carbonyl (C=O) groups excluding carboxylic acids is 1. The molecule has 1 aromatic carbocycles. The highest BCUT2D eigenvalue weighted by atomic mass is 32.2. The second-order valence-corrected chi connectivity index (χ2v) is 7.38. The molecule has 4 rings (SSSR count). The fraction of sp³-hybridized carbons (Fsp3) is 0.562. The fourth-order valence-electron chi connectivity index (χ4n) is 3.37. The standard InChI is InChI=1S/C16H20N2OS/c19-15-16(7-8-16)17-14(13-4-2-1-3-5-13)18(15)10-12-6-9-20-11-12/h1-5,12,14,17H,6-11H2. The molecule has 1 saturated carbocycles. The molecule has 0 radical (unpaired) electrons. The number of hydrogen-bond acceptors (Lipinski definition) is 3. The molecule has 106 valence electrons. The molecule has 0 aromatic heterocycles. The van der Waals surface area contributed by atoms with E-state index in [1.807, 2.05) is 17.8 Å². The molecular weight excluding hydrogens is 268 g/mol. The largest absolute Gasteiger partial charge is 0.321 e. The summed E-state index contributed by atoms with van der Waals surface area (Å²) in [6.07, 6.45) is 3.34. The van der Waals surface area contributed by atoms with Crippen molar-refractivity contribution in [1.29, 1.82) is 0 Å². The van der Waals surface area contributed by atoms with E-state index < -0.39 is 0 Å². The lowest BCUT2D eigenvalue weighted by Gasteiger charge is -2.27. The van der Waals surface area contributed by atoms with Gasteiger partial charge in [0.25, 0.3) is 0 Å². The van der Waals surface area contributed by atoms with Crippen molar-refractivity contribution in [3.05, 3.63) is 35.9 Å². The van der Waals surface area contributed by atoms with E-state index in [2.05, 4.69) is 34.5 Å². The summed E-state index contributed by atoms with van der Waals surface area (Å²) >= 11 is 2.02. The maximum atomic E-state index is 12.7. The fourth-order valence-corrected chi connectivity index (χ4v) is 4.64. The summed E-state index contributed by atoms with van der Waals surface area (Å²) in [6, 6.07) is 10.4. The van der Waals surface area contributed by atoms with Crippen molar-refractivity contribution < 1.29 is 4.79 Å². The molecule has 1 aromatic rings. The Morgan fingerprint density at radius 2 is 2.10 bits per heavy atom. The predicted molar refractivity (Wildman–Crippen MR) is 81.4 cm³/mol. The van der Waals surface area contributed by atoms with Crippen LogP contribution in [0.15, 0.2) is 30.3 Å². The van der Waals surface area contributed by atoms with E-state index in [0.29, 0.717) is 11.8 Å². The quantitative estimate of drug-likeness (QED) is 0.927. The maximum Gasteiger partial charge on any atom is 0.244 e. The Labute approximate surface area is 124 Å².